The second-order valence-corrected chi connectivity index (χ2v) is 8.82. The van der Waals surface area contributed by atoms with Crippen LogP contribution in [0.1, 0.15) is 59.1 Å². The third-order valence-electron chi connectivity index (χ3n) is 4.56. The lowest BCUT2D eigenvalue weighted by Crippen LogP contribution is -2.36. The molecule has 0 aliphatic carbocycles. The summed E-state index contributed by atoms with van der Waals surface area (Å²) in [6.45, 7) is 2.11. The van der Waals surface area contributed by atoms with Gasteiger partial charge >= 0.3 is 0 Å². The zero-order valence-electron chi connectivity index (χ0n) is 15.2. The van der Waals surface area contributed by atoms with Gasteiger partial charge in [-0.2, -0.15) is 0 Å². The molecule has 2 atom stereocenters. The van der Waals surface area contributed by atoms with Crippen LogP contribution in [-0.4, -0.2) is 17.5 Å². The Hall–Kier alpha value is -1.02. The highest BCUT2D eigenvalue weighted by molar-refractivity contribution is 7.16. The average Bonchev–Trinajstić information content (AvgIpc) is 3.07. The first kappa shape index (κ1) is 20.3. The van der Waals surface area contributed by atoms with Crippen LogP contribution in [0.5, 0.6) is 0 Å². The molecule has 2 rings (SSSR count). The fourth-order valence-electron chi connectivity index (χ4n) is 2.91. The maximum Gasteiger partial charge on any atom is 0.172 e. The number of unbranched alkanes of at least 4 members (excludes halogenated alkanes) is 1. The molecule has 1 heterocycles. The van der Waals surface area contributed by atoms with Crippen molar-refractivity contribution >= 4 is 26.4 Å². The molecule has 0 amide bonds. The normalized spacial score (nSPS) is 13.6. The zero-order chi connectivity index (χ0) is 18.1. The molecule has 25 heavy (non-hydrogen) atoms. The Bertz CT molecular complexity index is 651. The molecular weight excluding hydrogens is 345 g/mol. The first-order chi connectivity index (χ1) is 12.0. The molecule has 1 aromatic carbocycles. The minimum Gasteiger partial charge on any atom is -0.325 e. The Morgan fingerprint density at radius 1 is 1.08 bits per heavy atom. The summed E-state index contributed by atoms with van der Waals surface area (Å²) >= 11 is 1.64. The number of hydrogen-bond acceptors (Lipinski definition) is 3. The summed E-state index contributed by atoms with van der Waals surface area (Å²) < 4.78 is 0. The summed E-state index contributed by atoms with van der Waals surface area (Å²) in [7, 11) is 2.74. The third-order valence-corrected chi connectivity index (χ3v) is 6.03. The topological polar surface area (TPSA) is 43.1 Å². The molecular formula is C21H30NOPS. The van der Waals surface area contributed by atoms with E-state index >= 15 is 0 Å². The van der Waals surface area contributed by atoms with Crippen LogP contribution >= 0.6 is 20.6 Å². The van der Waals surface area contributed by atoms with Gasteiger partial charge in [0.25, 0.3) is 0 Å². The minimum absolute atomic E-state index is 0.118. The highest BCUT2D eigenvalue weighted by atomic mass is 32.1. The SMILES string of the molecule is CC(N)(CCP)CCc1ccc(C(=O)CCCCc2ccccc2)s1. The Balaban J connectivity index is 1.72. The number of aryl methyl sites for hydroxylation is 2. The van der Waals surface area contributed by atoms with Crippen molar-refractivity contribution in [1.82, 2.24) is 0 Å². The summed E-state index contributed by atoms with van der Waals surface area (Å²) in [5, 5.41) is 0. The molecule has 0 fully saturated rings. The quantitative estimate of drug-likeness (QED) is 0.331. The molecule has 1 aromatic heterocycles. The van der Waals surface area contributed by atoms with Crippen LogP contribution in [0.3, 0.4) is 0 Å². The van der Waals surface area contributed by atoms with Crippen molar-refractivity contribution in [2.24, 2.45) is 5.73 Å². The van der Waals surface area contributed by atoms with Gasteiger partial charge in [-0.25, -0.2) is 0 Å². The van der Waals surface area contributed by atoms with E-state index in [0.717, 1.165) is 49.6 Å². The molecule has 2 N–H and O–H groups in total. The van der Waals surface area contributed by atoms with Crippen molar-refractivity contribution in [3.63, 3.8) is 0 Å². The molecule has 2 aromatic rings. The molecule has 2 unspecified atom stereocenters. The van der Waals surface area contributed by atoms with Crippen molar-refractivity contribution in [3.05, 3.63) is 57.8 Å². The Labute approximate surface area is 158 Å². The van der Waals surface area contributed by atoms with Gasteiger partial charge in [0.1, 0.15) is 0 Å². The lowest BCUT2D eigenvalue weighted by atomic mass is 9.94. The maximum atomic E-state index is 12.4. The summed E-state index contributed by atoms with van der Waals surface area (Å²) in [4.78, 5) is 14.5. The number of benzene rings is 1. The first-order valence-electron chi connectivity index (χ1n) is 9.15. The molecule has 0 saturated heterocycles. The second-order valence-electron chi connectivity index (χ2n) is 7.07. The standard InChI is InChI=1S/C21H30NOPS/c1-21(22,15-16-24)14-13-18-11-12-20(25-18)19(23)10-6-5-9-17-7-3-2-4-8-17/h2-4,7-8,11-12H,5-6,9-10,13-16,22,24H2,1H3. The van der Waals surface area contributed by atoms with Crippen molar-refractivity contribution in [2.45, 2.75) is 57.4 Å². The molecule has 0 spiro atoms. The molecule has 0 radical (unpaired) electrons. The predicted molar refractivity (Wildman–Crippen MR) is 113 cm³/mol. The summed E-state index contributed by atoms with van der Waals surface area (Å²) in [6, 6.07) is 14.6. The van der Waals surface area contributed by atoms with E-state index in [4.69, 9.17) is 5.73 Å². The van der Waals surface area contributed by atoms with Crippen LogP contribution in [0, 0.1) is 0 Å². The Morgan fingerprint density at radius 3 is 2.56 bits per heavy atom. The largest absolute Gasteiger partial charge is 0.325 e. The maximum absolute atomic E-state index is 12.4. The van der Waals surface area contributed by atoms with Gasteiger partial charge in [0, 0.05) is 16.8 Å². The van der Waals surface area contributed by atoms with Crippen LogP contribution in [-0.2, 0) is 12.8 Å². The third kappa shape index (κ3) is 7.40. The van der Waals surface area contributed by atoms with Gasteiger partial charge in [-0.15, -0.1) is 20.6 Å². The zero-order valence-corrected chi connectivity index (χ0v) is 17.1. The van der Waals surface area contributed by atoms with Crippen molar-refractivity contribution in [1.29, 1.82) is 0 Å². The number of carbonyl (C=O) groups excluding carboxylic acids is 1. The fourth-order valence-corrected chi connectivity index (χ4v) is 4.54. The average molecular weight is 376 g/mol. The van der Waals surface area contributed by atoms with Crippen LogP contribution in [0.4, 0.5) is 0 Å². The molecule has 136 valence electrons. The Kier molecular flexibility index (Phi) is 8.29. The number of ketones is 1. The van der Waals surface area contributed by atoms with E-state index in [0.29, 0.717) is 6.42 Å². The van der Waals surface area contributed by atoms with E-state index in [1.165, 1.54) is 10.4 Å². The van der Waals surface area contributed by atoms with Crippen molar-refractivity contribution in [3.8, 4) is 0 Å². The van der Waals surface area contributed by atoms with E-state index in [2.05, 4.69) is 46.5 Å². The Morgan fingerprint density at radius 2 is 1.84 bits per heavy atom. The van der Waals surface area contributed by atoms with Crippen molar-refractivity contribution < 1.29 is 4.79 Å². The number of Topliss-reactive ketones (excluding diaryl/α,β-unsaturated/α-hetero) is 1. The highest BCUT2D eigenvalue weighted by Gasteiger charge is 2.18. The lowest BCUT2D eigenvalue weighted by molar-refractivity contribution is 0.0983. The van der Waals surface area contributed by atoms with Crippen LogP contribution < -0.4 is 5.73 Å². The van der Waals surface area contributed by atoms with E-state index in [1.54, 1.807) is 11.3 Å². The molecule has 0 saturated carbocycles. The summed E-state index contributed by atoms with van der Waals surface area (Å²) in [5.74, 6) is 0.282. The second kappa shape index (κ2) is 10.2. The number of carbonyl (C=O) groups is 1. The number of nitrogens with two attached hydrogens (primary N) is 1. The predicted octanol–water partition coefficient (Wildman–Crippen LogP) is 5.26. The number of hydrogen-bond donors (Lipinski definition) is 1. The van der Waals surface area contributed by atoms with E-state index in [9.17, 15) is 4.79 Å². The lowest BCUT2D eigenvalue weighted by Gasteiger charge is -2.23. The van der Waals surface area contributed by atoms with Gasteiger partial charge in [-0.05, 0) is 69.3 Å². The van der Waals surface area contributed by atoms with Gasteiger partial charge in [0.05, 0.1) is 4.88 Å². The number of thiophene rings is 1. The van der Waals surface area contributed by atoms with Gasteiger partial charge < -0.3 is 5.73 Å². The van der Waals surface area contributed by atoms with E-state index in [1.807, 2.05) is 12.1 Å². The van der Waals surface area contributed by atoms with Crippen LogP contribution in [0.15, 0.2) is 42.5 Å². The van der Waals surface area contributed by atoms with Gasteiger partial charge in [-0.1, -0.05) is 30.3 Å². The van der Waals surface area contributed by atoms with E-state index < -0.39 is 0 Å². The first-order valence-corrected chi connectivity index (χ1v) is 10.8. The van der Waals surface area contributed by atoms with Gasteiger partial charge in [0.15, 0.2) is 5.78 Å². The minimum atomic E-state index is -0.118. The van der Waals surface area contributed by atoms with Gasteiger partial charge in [0.2, 0.25) is 0 Å². The molecule has 0 aliphatic rings. The number of rotatable bonds is 11. The smallest absolute Gasteiger partial charge is 0.172 e. The van der Waals surface area contributed by atoms with Crippen LogP contribution in [0.2, 0.25) is 0 Å². The fraction of sp³-hybridized carbons (Fsp3) is 0.476. The summed E-state index contributed by atoms with van der Waals surface area (Å²) in [5.41, 5.74) is 7.53. The molecule has 0 aliphatic heterocycles. The molecule has 4 heteroatoms. The molecule has 0 bridgehead atoms. The van der Waals surface area contributed by atoms with Crippen LogP contribution in [0.25, 0.3) is 0 Å². The summed E-state index contributed by atoms with van der Waals surface area (Å²) in [6.07, 6.45) is 7.68. The van der Waals surface area contributed by atoms with E-state index in [-0.39, 0.29) is 11.3 Å². The van der Waals surface area contributed by atoms with Crippen molar-refractivity contribution in [2.75, 3.05) is 6.16 Å². The highest BCUT2D eigenvalue weighted by Crippen LogP contribution is 2.23. The molecule has 2 nitrogen and oxygen atoms in total. The monoisotopic (exact) mass is 375 g/mol. The van der Waals surface area contributed by atoms with Gasteiger partial charge in [-0.3, -0.25) is 4.79 Å².